The molecule has 0 aromatic heterocycles. The first-order valence-corrected chi connectivity index (χ1v) is 4.79. The van der Waals surface area contributed by atoms with Crippen LogP contribution in [0.15, 0.2) is 36.4 Å². The smallest absolute Gasteiger partial charge is 0.272 e. The Morgan fingerprint density at radius 3 is 2.38 bits per heavy atom. The Hall–Kier alpha value is -1.84. The van der Waals surface area contributed by atoms with Gasteiger partial charge in [0.05, 0.1) is 0 Å². The molecule has 0 bridgehead atoms. The van der Waals surface area contributed by atoms with Gasteiger partial charge in [0, 0.05) is 0 Å². The fourth-order valence-corrected chi connectivity index (χ4v) is 1.48. The Balaban J connectivity index is 2.34. The standard InChI is InChI=1S/C12H10F2O2/c13-12(14)7-16-11-6-9-4-2-1-3-8(9)5-10(11)15/h1-6,12,15H,7H2. The maximum Gasteiger partial charge on any atom is 0.272 e. The van der Waals surface area contributed by atoms with E-state index in [9.17, 15) is 13.9 Å². The van der Waals surface area contributed by atoms with E-state index < -0.39 is 13.0 Å². The summed E-state index contributed by atoms with van der Waals surface area (Å²) in [6.45, 7) is -0.716. The van der Waals surface area contributed by atoms with Gasteiger partial charge in [-0.1, -0.05) is 24.3 Å². The van der Waals surface area contributed by atoms with Crippen molar-refractivity contribution in [2.45, 2.75) is 6.43 Å². The van der Waals surface area contributed by atoms with Gasteiger partial charge in [-0.25, -0.2) is 8.78 Å². The highest BCUT2D eigenvalue weighted by Crippen LogP contribution is 2.31. The molecule has 1 N–H and O–H groups in total. The van der Waals surface area contributed by atoms with E-state index in [1.807, 2.05) is 24.3 Å². The molecule has 2 rings (SSSR count). The number of hydrogen-bond acceptors (Lipinski definition) is 2. The SMILES string of the molecule is Oc1cc2ccccc2cc1OCC(F)F. The number of fused-ring (bicyclic) bond motifs is 1. The van der Waals surface area contributed by atoms with Crippen molar-refractivity contribution in [2.24, 2.45) is 0 Å². The largest absolute Gasteiger partial charge is 0.504 e. The third-order valence-electron chi connectivity index (χ3n) is 2.19. The molecular weight excluding hydrogens is 214 g/mol. The molecule has 0 fully saturated rings. The Labute approximate surface area is 91.1 Å². The summed E-state index contributed by atoms with van der Waals surface area (Å²) in [7, 11) is 0. The zero-order valence-electron chi connectivity index (χ0n) is 8.36. The van der Waals surface area contributed by atoms with Crippen molar-refractivity contribution in [3.63, 3.8) is 0 Å². The summed E-state index contributed by atoms with van der Waals surface area (Å²) < 4.78 is 28.7. The van der Waals surface area contributed by atoms with Crippen molar-refractivity contribution in [1.82, 2.24) is 0 Å². The molecule has 2 aromatic rings. The summed E-state index contributed by atoms with van der Waals surface area (Å²) in [4.78, 5) is 0. The average molecular weight is 224 g/mol. The Morgan fingerprint density at radius 2 is 1.75 bits per heavy atom. The highest BCUT2D eigenvalue weighted by Gasteiger charge is 2.08. The van der Waals surface area contributed by atoms with Crippen molar-refractivity contribution < 1.29 is 18.6 Å². The van der Waals surface area contributed by atoms with Crippen LogP contribution in [0.5, 0.6) is 11.5 Å². The second kappa shape index (κ2) is 4.35. The van der Waals surface area contributed by atoms with Crippen LogP contribution in [0.1, 0.15) is 0 Å². The number of benzene rings is 2. The fourth-order valence-electron chi connectivity index (χ4n) is 1.48. The van der Waals surface area contributed by atoms with Crippen molar-refractivity contribution in [1.29, 1.82) is 0 Å². The molecule has 84 valence electrons. The topological polar surface area (TPSA) is 29.5 Å². The molecular formula is C12H10F2O2. The fraction of sp³-hybridized carbons (Fsp3) is 0.167. The van der Waals surface area contributed by atoms with Crippen LogP contribution in [-0.2, 0) is 0 Å². The number of rotatable bonds is 3. The lowest BCUT2D eigenvalue weighted by Gasteiger charge is -2.08. The zero-order chi connectivity index (χ0) is 11.5. The zero-order valence-corrected chi connectivity index (χ0v) is 8.36. The Kier molecular flexibility index (Phi) is 2.90. The summed E-state index contributed by atoms with van der Waals surface area (Å²) in [6.07, 6.45) is -2.55. The lowest BCUT2D eigenvalue weighted by Crippen LogP contribution is -2.06. The van der Waals surface area contributed by atoms with Gasteiger partial charge in [-0.05, 0) is 22.9 Å². The van der Waals surface area contributed by atoms with E-state index in [0.29, 0.717) is 0 Å². The summed E-state index contributed by atoms with van der Waals surface area (Å²) >= 11 is 0. The van der Waals surface area contributed by atoms with Gasteiger partial charge < -0.3 is 9.84 Å². The first kappa shape index (κ1) is 10.7. The second-order valence-electron chi connectivity index (χ2n) is 3.37. The number of hydrogen-bond donors (Lipinski definition) is 1. The van der Waals surface area contributed by atoms with Gasteiger partial charge in [-0.3, -0.25) is 0 Å². The second-order valence-corrected chi connectivity index (χ2v) is 3.37. The number of phenolic OH excluding ortho intramolecular Hbond substituents is 1. The molecule has 0 aliphatic rings. The van der Waals surface area contributed by atoms with Crippen LogP contribution in [0.25, 0.3) is 10.8 Å². The molecule has 2 aromatic carbocycles. The van der Waals surface area contributed by atoms with E-state index in [4.69, 9.17) is 4.74 Å². The van der Waals surface area contributed by atoms with Crippen molar-refractivity contribution in [3.05, 3.63) is 36.4 Å². The first-order valence-electron chi connectivity index (χ1n) is 4.79. The summed E-state index contributed by atoms with van der Waals surface area (Å²) in [5, 5.41) is 11.2. The van der Waals surface area contributed by atoms with Crippen LogP contribution in [0.4, 0.5) is 8.78 Å². The molecule has 0 saturated heterocycles. The molecule has 0 radical (unpaired) electrons. The highest BCUT2D eigenvalue weighted by molar-refractivity contribution is 5.85. The normalized spacial score (nSPS) is 10.9. The van der Waals surface area contributed by atoms with Crippen LogP contribution < -0.4 is 4.74 Å². The lowest BCUT2D eigenvalue weighted by atomic mass is 10.1. The minimum Gasteiger partial charge on any atom is -0.504 e. The van der Waals surface area contributed by atoms with E-state index in [1.165, 1.54) is 6.07 Å². The molecule has 0 heterocycles. The van der Waals surface area contributed by atoms with Crippen molar-refractivity contribution >= 4 is 10.8 Å². The first-order chi connectivity index (χ1) is 7.66. The molecule has 0 aliphatic carbocycles. The van der Waals surface area contributed by atoms with Crippen molar-refractivity contribution in [2.75, 3.05) is 6.61 Å². The molecule has 0 atom stereocenters. The number of phenols is 1. The quantitative estimate of drug-likeness (QED) is 0.867. The monoisotopic (exact) mass is 224 g/mol. The molecule has 0 aliphatic heterocycles. The third-order valence-corrected chi connectivity index (χ3v) is 2.19. The van der Waals surface area contributed by atoms with Gasteiger partial charge in [-0.2, -0.15) is 0 Å². The van der Waals surface area contributed by atoms with E-state index in [1.54, 1.807) is 6.07 Å². The van der Waals surface area contributed by atoms with E-state index >= 15 is 0 Å². The van der Waals surface area contributed by atoms with E-state index in [-0.39, 0.29) is 11.5 Å². The minimum atomic E-state index is -2.55. The lowest BCUT2D eigenvalue weighted by molar-refractivity contribution is 0.0806. The maximum atomic E-state index is 12.0. The number of halogens is 2. The van der Waals surface area contributed by atoms with Gasteiger partial charge in [0.15, 0.2) is 11.5 Å². The molecule has 0 amide bonds. The molecule has 0 spiro atoms. The number of aromatic hydroxyl groups is 1. The van der Waals surface area contributed by atoms with Gasteiger partial charge in [0.1, 0.15) is 6.61 Å². The Morgan fingerprint density at radius 1 is 1.12 bits per heavy atom. The predicted molar refractivity (Wildman–Crippen MR) is 57.1 cm³/mol. The van der Waals surface area contributed by atoms with E-state index in [2.05, 4.69) is 0 Å². The maximum absolute atomic E-state index is 12.0. The molecule has 0 unspecified atom stereocenters. The average Bonchev–Trinajstić information content (AvgIpc) is 2.26. The summed E-state index contributed by atoms with van der Waals surface area (Å²) in [5.41, 5.74) is 0. The Bertz CT molecular complexity index is 497. The van der Waals surface area contributed by atoms with Gasteiger partial charge in [-0.15, -0.1) is 0 Å². The van der Waals surface area contributed by atoms with E-state index in [0.717, 1.165) is 10.8 Å². The van der Waals surface area contributed by atoms with Crippen molar-refractivity contribution in [3.8, 4) is 11.5 Å². The van der Waals surface area contributed by atoms with Gasteiger partial charge in [0.25, 0.3) is 6.43 Å². The van der Waals surface area contributed by atoms with Gasteiger partial charge in [0.2, 0.25) is 0 Å². The number of ether oxygens (including phenoxy) is 1. The molecule has 0 saturated carbocycles. The van der Waals surface area contributed by atoms with Crippen LogP contribution in [0.2, 0.25) is 0 Å². The van der Waals surface area contributed by atoms with Crippen LogP contribution >= 0.6 is 0 Å². The van der Waals surface area contributed by atoms with Gasteiger partial charge >= 0.3 is 0 Å². The predicted octanol–water partition coefficient (Wildman–Crippen LogP) is 3.19. The molecule has 16 heavy (non-hydrogen) atoms. The number of alkyl halides is 2. The summed E-state index contributed by atoms with van der Waals surface area (Å²) in [6, 6.07) is 10.4. The van der Waals surface area contributed by atoms with Crippen LogP contribution in [0, 0.1) is 0 Å². The van der Waals surface area contributed by atoms with Crippen LogP contribution in [0.3, 0.4) is 0 Å². The minimum absolute atomic E-state index is 0.0824. The molecule has 4 heteroatoms. The third kappa shape index (κ3) is 2.21. The highest BCUT2D eigenvalue weighted by atomic mass is 19.3. The summed E-state index contributed by atoms with van der Waals surface area (Å²) in [5.74, 6) is -0.0432. The molecule has 2 nitrogen and oxygen atoms in total. The van der Waals surface area contributed by atoms with Crippen LogP contribution in [-0.4, -0.2) is 18.1 Å².